The summed E-state index contributed by atoms with van der Waals surface area (Å²) in [5.41, 5.74) is 1.27. The Morgan fingerprint density at radius 2 is 2.20 bits per heavy atom. The van der Waals surface area contributed by atoms with Gasteiger partial charge in [-0.1, -0.05) is 0 Å². The third-order valence-corrected chi connectivity index (χ3v) is 4.48. The Bertz CT molecular complexity index is 674. The fourth-order valence-corrected chi connectivity index (χ4v) is 3.34. The second-order valence-electron chi connectivity index (χ2n) is 4.08. The molecule has 1 aromatic carbocycles. The van der Waals surface area contributed by atoms with Crippen molar-refractivity contribution in [1.82, 2.24) is 4.98 Å². The number of Topliss-reactive ketones (excluding diaryl/α,β-unsaturated/α-hetero) is 1. The topological polar surface area (TPSA) is 48.4 Å². The van der Waals surface area contributed by atoms with E-state index in [-0.39, 0.29) is 11.7 Å². The monoisotopic (exact) mass is 373 g/mol. The molecule has 1 aliphatic rings. The van der Waals surface area contributed by atoms with E-state index in [0.717, 1.165) is 15.0 Å². The molecule has 0 saturated heterocycles. The van der Waals surface area contributed by atoms with Crippen molar-refractivity contribution in [2.45, 2.75) is 0 Å². The van der Waals surface area contributed by atoms with Crippen LogP contribution in [0.25, 0.3) is 10.6 Å². The highest BCUT2D eigenvalue weighted by Gasteiger charge is 2.18. The number of ether oxygens (including phenoxy) is 2. The van der Waals surface area contributed by atoms with Gasteiger partial charge in [0.25, 0.3) is 0 Å². The first kappa shape index (κ1) is 13.9. The zero-order valence-electron chi connectivity index (χ0n) is 10.2. The number of carbonyl (C=O) groups excluding carboxylic acids is 1. The highest BCUT2D eigenvalue weighted by atomic mass is 79.9. The molecule has 0 bridgehead atoms. The van der Waals surface area contributed by atoms with Gasteiger partial charge in [-0.3, -0.25) is 4.79 Å². The molecule has 0 fully saturated rings. The van der Waals surface area contributed by atoms with Gasteiger partial charge >= 0.3 is 0 Å². The van der Waals surface area contributed by atoms with Gasteiger partial charge in [0.1, 0.15) is 23.9 Å². The molecule has 0 atom stereocenters. The van der Waals surface area contributed by atoms with Gasteiger partial charge in [-0.05, 0) is 28.1 Å². The van der Waals surface area contributed by atoms with Crippen molar-refractivity contribution < 1.29 is 14.3 Å². The predicted molar refractivity (Wildman–Crippen MR) is 81.3 cm³/mol. The summed E-state index contributed by atoms with van der Waals surface area (Å²) in [7, 11) is 0. The smallest absolute Gasteiger partial charge is 0.196 e. The number of carbonyl (C=O) groups is 1. The van der Waals surface area contributed by atoms with Crippen molar-refractivity contribution >= 4 is 44.7 Å². The van der Waals surface area contributed by atoms with E-state index in [0.29, 0.717) is 30.4 Å². The Morgan fingerprint density at radius 3 is 3.00 bits per heavy atom. The summed E-state index contributed by atoms with van der Waals surface area (Å²) in [6.07, 6.45) is 0. The number of rotatable bonds is 3. The van der Waals surface area contributed by atoms with E-state index in [9.17, 15) is 4.79 Å². The number of alkyl halides is 1. The SMILES string of the molecule is O=C(CCl)c1csc(-c2cc(Br)c3c(c2)OCCO3)n1. The summed E-state index contributed by atoms with van der Waals surface area (Å²) in [5, 5.41) is 2.46. The normalized spacial score (nSPS) is 13.3. The number of ketones is 1. The summed E-state index contributed by atoms with van der Waals surface area (Å²) < 4.78 is 11.9. The molecule has 0 N–H and O–H groups in total. The van der Waals surface area contributed by atoms with Crippen molar-refractivity contribution in [3.05, 3.63) is 27.7 Å². The highest BCUT2D eigenvalue weighted by molar-refractivity contribution is 9.10. The molecule has 3 rings (SSSR count). The lowest BCUT2D eigenvalue weighted by Crippen LogP contribution is -2.15. The molecule has 7 heteroatoms. The summed E-state index contributed by atoms with van der Waals surface area (Å²) in [4.78, 5) is 15.8. The van der Waals surface area contributed by atoms with Gasteiger partial charge in [0.05, 0.1) is 10.4 Å². The maximum atomic E-state index is 11.5. The quantitative estimate of drug-likeness (QED) is 0.606. The number of thiazole rings is 1. The van der Waals surface area contributed by atoms with Gasteiger partial charge in [0, 0.05) is 10.9 Å². The predicted octanol–water partition coefficient (Wildman–Crippen LogP) is 3.77. The molecule has 0 unspecified atom stereocenters. The van der Waals surface area contributed by atoms with Crippen molar-refractivity contribution in [3.8, 4) is 22.1 Å². The van der Waals surface area contributed by atoms with E-state index in [1.54, 1.807) is 5.38 Å². The van der Waals surface area contributed by atoms with Crippen LogP contribution in [-0.2, 0) is 0 Å². The average molecular weight is 375 g/mol. The lowest BCUT2D eigenvalue weighted by Gasteiger charge is -2.20. The highest BCUT2D eigenvalue weighted by Crippen LogP contribution is 2.41. The average Bonchev–Trinajstić information content (AvgIpc) is 2.96. The summed E-state index contributed by atoms with van der Waals surface area (Å²) >= 11 is 10.4. The Kier molecular flexibility index (Phi) is 3.96. The van der Waals surface area contributed by atoms with E-state index in [1.807, 2.05) is 12.1 Å². The minimum Gasteiger partial charge on any atom is -0.486 e. The molecule has 0 spiro atoms. The molecule has 104 valence electrons. The van der Waals surface area contributed by atoms with E-state index in [1.165, 1.54) is 11.3 Å². The molecule has 2 aromatic rings. The molecular weight excluding hydrogens is 366 g/mol. The van der Waals surface area contributed by atoms with Crippen LogP contribution in [-0.4, -0.2) is 29.9 Å². The number of hydrogen-bond donors (Lipinski definition) is 0. The van der Waals surface area contributed by atoms with Gasteiger partial charge in [-0.15, -0.1) is 22.9 Å². The summed E-state index contributed by atoms with van der Waals surface area (Å²) in [6, 6.07) is 3.77. The lowest BCUT2D eigenvalue weighted by atomic mass is 10.2. The largest absolute Gasteiger partial charge is 0.486 e. The van der Waals surface area contributed by atoms with E-state index >= 15 is 0 Å². The molecular formula is C13H9BrClNO3S. The van der Waals surface area contributed by atoms with E-state index in [2.05, 4.69) is 20.9 Å². The Morgan fingerprint density at radius 1 is 1.40 bits per heavy atom. The second-order valence-corrected chi connectivity index (χ2v) is 6.06. The van der Waals surface area contributed by atoms with Gasteiger partial charge in [-0.25, -0.2) is 4.98 Å². The van der Waals surface area contributed by atoms with Crippen LogP contribution < -0.4 is 9.47 Å². The Balaban J connectivity index is 2.00. The van der Waals surface area contributed by atoms with Crippen LogP contribution >= 0.6 is 38.9 Å². The van der Waals surface area contributed by atoms with Crippen LogP contribution in [0.3, 0.4) is 0 Å². The van der Waals surface area contributed by atoms with E-state index in [4.69, 9.17) is 21.1 Å². The molecule has 0 amide bonds. The molecule has 20 heavy (non-hydrogen) atoms. The van der Waals surface area contributed by atoms with Crippen LogP contribution in [0.5, 0.6) is 11.5 Å². The number of aromatic nitrogens is 1. The lowest BCUT2D eigenvalue weighted by molar-refractivity contribution is 0.101. The molecule has 1 aromatic heterocycles. The Hall–Kier alpha value is -1.11. The van der Waals surface area contributed by atoms with Crippen molar-refractivity contribution in [2.24, 2.45) is 0 Å². The third-order valence-electron chi connectivity index (χ3n) is 2.76. The van der Waals surface area contributed by atoms with Gasteiger partial charge in [0.2, 0.25) is 0 Å². The maximum Gasteiger partial charge on any atom is 0.196 e. The van der Waals surface area contributed by atoms with Crippen LogP contribution in [0.15, 0.2) is 22.0 Å². The van der Waals surface area contributed by atoms with Crippen LogP contribution in [0, 0.1) is 0 Å². The van der Waals surface area contributed by atoms with Crippen molar-refractivity contribution in [2.75, 3.05) is 19.1 Å². The number of fused-ring (bicyclic) bond motifs is 1. The minimum atomic E-state index is -0.175. The summed E-state index contributed by atoms with van der Waals surface area (Å²) in [5.74, 6) is 1.15. The summed E-state index contributed by atoms with van der Waals surface area (Å²) in [6.45, 7) is 1.06. The fourth-order valence-electron chi connectivity index (χ4n) is 1.84. The number of halogens is 2. The zero-order valence-corrected chi connectivity index (χ0v) is 13.3. The molecule has 2 heterocycles. The first-order valence-electron chi connectivity index (χ1n) is 5.83. The molecule has 0 saturated carbocycles. The van der Waals surface area contributed by atoms with Gasteiger partial charge in [-0.2, -0.15) is 0 Å². The minimum absolute atomic E-state index is 0.0615. The van der Waals surface area contributed by atoms with Crippen LogP contribution in [0.1, 0.15) is 10.5 Å². The third kappa shape index (κ3) is 2.55. The van der Waals surface area contributed by atoms with Crippen molar-refractivity contribution in [1.29, 1.82) is 0 Å². The van der Waals surface area contributed by atoms with Gasteiger partial charge < -0.3 is 9.47 Å². The second kappa shape index (κ2) is 5.71. The molecule has 4 nitrogen and oxygen atoms in total. The first-order valence-corrected chi connectivity index (χ1v) is 8.04. The van der Waals surface area contributed by atoms with Crippen LogP contribution in [0.2, 0.25) is 0 Å². The fraction of sp³-hybridized carbons (Fsp3) is 0.231. The number of benzene rings is 1. The zero-order chi connectivity index (χ0) is 14.1. The van der Waals surface area contributed by atoms with Gasteiger partial charge in [0.15, 0.2) is 17.3 Å². The standard InChI is InChI=1S/C13H9BrClNO3S/c14-8-3-7(4-11-12(8)19-2-1-18-11)13-16-9(6-20-13)10(17)5-15/h3-4,6H,1-2,5H2. The van der Waals surface area contributed by atoms with E-state index < -0.39 is 0 Å². The maximum absolute atomic E-state index is 11.5. The Labute approximate surface area is 132 Å². The molecule has 0 aliphatic carbocycles. The number of nitrogens with zero attached hydrogens (tertiary/aromatic N) is 1. The van der Waals surface area contributed by atoms with Crippen LogP contribution in [0.4, 0.5) is 0 Å². The molecule has 1 aliphatic heterocycles. The number of hydrogen-bond acceptors (Lipinski definition) is 5. The molecule has 0 radical (unpaired) electrons. The van der Waals surface area contributed by atoms with Crippen molar-refractivity contribution in [3.63, 3.8) is 0 Å². The first-order chi connectivity index (χ1) is 9.69.